The van der Waals surface area contributed by atoms with Gasteiger partial charge in [-0.1, -0.05) is 6.58 Å². The lowest BCUT2D eigenvalue weighted by Crippen LogP contribution is -2.27. The van der Waals surface area contributed by atoms with E-state index < -0.39 is 12.2 Å². The first-order valence-electron chi connectivity index (χ1n) is 20.1. The van der Waals surface area contributed by atoms with Crippen molar-refractivity contribution in [2.75, 3.05) is 147 Å². The molecule has 7 fully saturated rings. The monoisotopic (exact) mass is 842 g/mol. The Morgan fingerprint density at radius 3 is 1.26 bits per heavy atom. The van der Waals surface area contributed by atoms with Gasteiger partial charge in [0.2, 0.25) is 0 Å². The maximum Gasteiger partial charge on any atom is 0.104 e. The van der Waals surface area contributed by atoms with Gasteiger partial charge in [-0.05, 0) is 19.8 Å². The zero-order valence-electron chi connectivity index (χ0n) is 35.3. The smallest absolute Gasteiger partial charge is 0.104 e. The minimum absolute atomic E-state index is 0.00190. The van der Waals surface area contributed by atoms with Crippen LogP contribution in [0.5, 0.6) is 0 Å². The molecule has 342 valence electrons. The Morgan fingerprint density at radius 1 is 0.534 bits per heavy atom. The van der Waals surface area contributed by atoms with Crippen LogP contribution in [0.15, 0.2) is 26.0 Å². The third-order valence-electron chi connectivity index (χ3n) is 8.16. The van der Waals surface area contributed by atoms with Crippen molar-refractivity contribution < 1.29 is 86.0 Å². The van der Waals surface area contributed by atoms with Crippen LogP contribution in [0.25, 0.3) is 0 Å². The van der Waals surface area contributed by atoms with Crippen molar-refractivity contribution in [3.8, 4) is 0 Å². The summed E-state index contributed by atoms with van der Waals surface area (Å²) in [5.41, 5.74) is 0. The molecule has 0 radical (unpaired) electrons. The molecule has 0 spiro atoms. The molecular formula is C40H74O18. The minimum atomic E-state index is -0.549. The van der Waals surface area contributed by atoms with Gasteiger partial charge in [0.05, 0.1) is 157 Å². The second kappa shape index (κ2) is 34.2. The third-order valence-corrected chi connectivity index (χ3v) is 8.16. The fourth-order valence-electron chi connectivity index (χ4n) is 4.09. The molecule has 10 atom stereocenters. The lowest BCUT2D eigenvalue weighted by molar-refractivity contribution is -0.0587. The van der Waals surface area contributed by atoms with Crippen LogP contribution in [0.3, 0.4) is 0 Å². The molecule has 7 aliphatic rings. The van der Waals surface area contributed by atoms with Crippen molar-refractivity contribution in [3.05, 3.63) is 26.0 Å². The average molecular weight is 843 g/mol. The van der Waals surface area contributed by atoms with E-state index in [1.807, 2.05) is 0 Å². The van der Waals surface area contributed by atoms with Crippen molar-refractivity contribution in [1.82, 2.24) is 0 Å². The van der Waals surface area contributed by atoms with Gasteiger partial charge in [-0.15, -0.1) is 13.2 Å². The molecule has 0 aromatic rings. The van der Waals surface area contributed by atoms with Crippen LogP contribution in [0, 0.1) is 0 Å². The molecule has 18 nitrogen and oxygen atoms in total. The topological polar surface area (TPSA) is 211 Å². The molecule has 10 unspecified atom stereocenters. The zero-order valence-corrected chi connectivity index (χ0v) is 35.3. The molecule has 0 bridgehead atoms. The Hall–Kier alpha value is -1.40. The molecule has 2 N–H and O–H groups in total. The highest BCUT2D eigenvalue weighted by Crippen LogP contribution is 2.17. The number of epoxide rings is 7. The Kier molecular flexibility index (Phi) is 31.1. The van der Waals surface area contributed by atoms with E-state index in [4.69, 9.17) is 71.1 Å². The van der Waals surface area contributed by atoms with E-state index in [1.54, 1.807) is 21.3 Å². The van der Waals surface area contributed by atoms with Gasteiger partial charge in [0.15, 0.2) is 0 Å². The lowest BCUT2D eigenvalue weighted by atomic mass is 10.2. The summed E-state index contributed by atoms with van der Waals surface area (Å²) in [6, 6.07) is 0. The summed E-state index contributed by atoms with van der Waals surface area (Å²) in [5, 5.41) is 19.1. The van der Waals surface area contributed by atoms with Crippen LogP contribution in [-0.4, -0.2) is 224 Å². The number of aliphatic hydroxyl groups excluding tert-OH is 2. The summed E-state index contributed by atoms with van der Waals surface area (Å²) in [6.07, 6.45) is 4.23. The van der Waals surface area contributed by atoms with Gasteiger partial charge in [0.1, 0.15) is 48.8 Å². The number of methoxy groups -OCH3 is 3. The minimum Gasteiger partial charge on any atom is -0.505 e. The summed E-state index contributed by atoms with van der Waals surface area (Å²) >= 11 is 0. The second-order valence-electron chi connectivity index (χ2n) is 14.1. The number of rotatable bonds is 30. The average Bonchev–Trinajstić information content (AvgIpc) is 4.03. The molecule has 0 aliphatic carbocycles. The van der Waals surface area contributed by atoms with Crippen molar-refractivity contribution in [2.24, 2.45) is 0 Å². The summed E-state index contributed by atoms with van der Waals surface area (Å²) in [6.45, 7) is 23.2. The first-order valence-corrected chi connectivity index (χ1v) is 20.1. The van der Waals surface area contributed by atoms with E-state index in [9.17, 15) is 10.2 Å². The highest BCUT2D eigenvalue weighted by atomic mass is 16.6. The van der Waals surface area contributed by atoms with Gasteiger partial charge in [-0.25, -0.2) is 0 Å². The summed E-state index contributed by atoms with van der Waals surface area (Å²) in [4.78, 5) is 0. The maximum absolute atomic E-state index is 9.70. The predicted molar refractivity (Wildman–Crippen MR) is 210 cm³/mol. The third kappa shape index (κ3) is 36.5. The Morgan fingerprint density at radius 2 is 0.897 bits per heavy atom. The number of ether oxygens (including phenoxy) is 16. The zero-order chi connectivity index (χ0) is 42.2. The van der Waals surface area contributed by atoms with E-state index in [-0.39, 0.29) is 36.6 Å². The largest absolute Gasteiger partial charge is 0.505 e. The van der Waals surface area contributed by atoms with Crippen molar-refractivity contribution in [2.45, 2.75) is 86.9 Å². The molecule has 7 rings (SSSR count). The number of hydrogen-bond donors (Lipinski definition) is 2. The number of aliphatic hydroxyl groups is 2. The molecule has 0 aromatic carbocycles. The summed E-state index contributed by atoms with van der Waals surface area (Å²) in [7, 11) is 4.85. The normalized spacial score (nSPS) is 27.8. The van der Waals surface area contributed by atoms with E-state index in [0.29, 0.717) is 97.6 Å². The maximum atomic E-state index is 9.70. The molecular weight excluding hydrogens is 768 g/mol. The summed E-state index contributed by atoms with van der Waals surface area (Å²) in [5.74, 6) is 0. The second-order valence-corrected chi connectivity index (χ2v) is 14.1. The molecule has 7 saturated heterocycles. The Balaban J connectivity index is 0.000000270. The van der Waals surface area contributed by atoms with Crippen molar-refractivity contribution in [1.29, 1.82) is 0 Å². The molecule has 58 heavy (non-hydrogen) atoms. The molecule has 18 heteroatoms. The van der Waals surface area contributed by atoms with Crippen LogP contribution in [-0.2, 0) is 75.8 Å². The van der Waals surface area contributed by atoms with Crippen LogP contribution in [0.1, 0.15) is 19.8 Å². The van der Waals surface area contributed by atoms with Crippen LogP contribution < -0.4 is 0 Å². The number of hydrogen-bond acceptors (Lipinski definition) is 18. The Labute approximate surface area is 345 Å². The predicted octanol–water partition coefficient (Wildman–Crippen LogP) is 0.967. The SMILES string of the molecule is C=C.C=COC.CC1CO1.COC(COCC(O)CCC1CO1)COCC1CO1.COCC(COCC1CO1)OCC1CO1.OC(COCC1CO1)COCC1CO1. The van der Waals surface area contributed by atoms with Gasteiger partial charge >= 0.3 is 0 Å². The fourth-order valence-corrected chi connectivity index (χ4v) is 4.09. The highest BCUT2D eigenvalue weighted by molar-refractivity contribution is 4.73. The van der Waals surface area contributed by atoms with E-state index in [0.717, 1.165) is 59.1 Å². The first-order chi connectivity index (χ1) is 28.3. The molecule has 7 heterocycles. The van der Waals surface area contributed by atoms with Crippen LogP contribution in [0.4, 0.5) is 0 Å². The molecule has 0 saturated carbocycles. The van der Waals surface area contributed by atoms with Crippen LogP contribution in [0.2, 0.25) is 0 Å². The lowest BCUT2D eigenvalue weighted by Gasteiger charge is -2.17. The van der Waals surface area contributed by atoms with Crippen molar-refractivity contribution in [3.63, 3.8) is 0 Å². The fraction of sp³-hybridized carbons (Fsp3) is 0.900. The van der Waals surface area contributed by atoms with Gasteiger partial charge < -0.3 is 86.0 Å². The van der Waals surface area contributed by atoms with Gasteiger partial charge in [-0.3, -0.25) is 0 Å². The van der Waals surface area contributed by atoms with Gasteiger partial charge in [0, 0.05) is 14.2 Å². The molecule has 0 aromatic heterocycles. The van der Waals surface area contributed by atoms with E-state index in [1.165, 1.54) is 6.26 Å². The first kappa shape index (κ1) is 52.7. The standard InChI is InChI=1S/C13H24O6.C10H18O5.C9H16O5.2C3H6O.C2H4/c1-15-12(6-17-7-13-9-19-13)5-16-4-10(14)2-3-11-8-18-11;1-11-2-8(13-6-10-7-15-10)3-12-4-9-5-14-9;10-7(1-11-3-8-5-13-8)2-12-4-9-6-14-9;1-3-2-4-3;1-3-4-2;1-2/h10-14H,2-9H2,1H3;8-10H,2-7H2,1H3;7-10H,1-6H2;3H,2H2,1H3;3H,1H2,2H3;1-2H2. The van der Waals surface area contributed by atoms with Crippen molar-refractivity contribution >= 4 is 0 Å². The van der Waals surface area contributed by atoms with E-state index >= 15 is 0 Å². The Bertz CT molecular complexity index is 923. The van der Waals surface area contributed by atoms with E-state index in [2.05, 4.69) is 31.4 Å². The highest BCUT2D eigenvalue weighted by Gasteiger charge is 2.27. The van der Waals surface area contributed by atoms with Gasteiger partial charge in [-0.2, -0.15) is 0 Å². The summed E-state index contributed by atoms with van der Waals surface area (Å²) < 4.78 is 81.8. The molecule has 7 aliphatic heterocycles. The quantitative estimate of drug-likeness (QED) is 0.0586. The van der Waals surface area contributed by atoms with Crippen LogP contribution >= 0.6 is 0 Å². The van der Waals surface area contributed by atoms with Gasteiger partial charge in [0.25, 0.3) is 0 Å². The molecule has 0 amide bonds.